The molecule has 1 N–H and O–H groups in total. The first-order valence-electron chi connectivity index (χ1n) is 7.73. The number of nitrogens with one attached hydrogen (secondary N) is 1. The summed E-state index contributed by atoms with van der Waals surface area (Å²) in [4.78, 5) is 41.7. The second kappa shape index (κ2) is 6.76. The van der Waals surface area contributed by atoms with E-state index in [0.717, 1.165) is 12.8 Å². The van der Waals surface area contributed by atoms with Crippen LogP contribution in [0.3, 0.4) is 0 Å². The fourth-order valence-electron chi connectivity index (χ4n) is 3.02. The van der Waals surface area contributed by atoms with Gasteiger partial charge in [0.25, 0.3) is 0 Å². The van der Waals surface area contributed by atoms with Crippen LogP contribution in [0, 0.1) is 0 Å². The summed E-state index contributed by atoms with van der Waals surface area (Å²) in [5.41, 5.74) is -0.654. The molecule has 2 saturated heterocycles. The number of thiazole rings is 1. The van der Waals surface area contributed by atoms with Crippen molar-refractivity contribution in [1.29, 1.82) is 0 Å². The van der Waals surface area contributed by atoms with Crippen molar-refractivity contribution in [3.8, 4) is 0 Å². The lowest BCUT2D eigenvalue weighted by molar-refractivity contribution is -0.152. The molecule has 1 atom stereocenters. The van der Waals surface area contributed by atoms with Crippen molar-refractivity contribution in [2.45, 2.75) is 37.7 Å². The minimum Gasteiger partial charge on any atom is -0.367 e. The van der Waals surface area contributed by atoms with E-state index in [1.54, 1.807) is 11.6 Å². The number of likely N-dealkylation sites (tertiary alicyclic amines) is 1. The van der Waals surface area contributed by atoms with Crippen LogP contribution in [0.25, 0.3) is 0 Å². The molecule has 0 aromatic carbocycles. The van der Waals surface area contributed by atoms with Crippen molar-refractivity contribution in [2.24, 2.45) is 0 Å². The van der Waals surface area contributed by atoms with Crippen molar-refractivity contribution in [2.75, 3.05) is 25.0 Å². The Hall–Kier alpha value is -1.80. The Morgan fingerprint density at radius 3 is 2.91 bits per heavy atom. The number of rotatable bonds is 4. The van der Waals surface area contributed by atoms with Gasteiger partial charge in [-0.15, -0.1) is 11.3 Å². The Morgan fingerprint density at radius 1 is 1.39 bits per heavy atom. The lowest BCUT2D eigenvalue weighted by Crippen LogP contribution is -2.53. The molecule has 0 radical (unpaired) electrons. The van der Waals surface area contributed by atoms with Crippen molar-refractivity contribution in [3.63, 3.8) is 0 Å². The number of Topliss-reactive ketones (excluding diaryl/α,β-unsaturated/α-hetero) is 1. The van der Waals surface area contributed by atoms with Gasteiger partial charge in [0.2, 0.25) is 11.8 Å². The highest BCUT2D eigenvalue weighted by Crippen LogP contribution is 2.33. The van der Waals surface area contributed by atoms with Gasteiger partial charge in [0.1, 0.15) is 5.60 Å². The number of anilines is 1. The molecular weight excluding hydrogens is 318 g/mol. The zero-order chi connectivity index (χ0) is 16.3. The first-order chi connectivity index (χ1) is 11.1. The summed E-state index contributed by atoms with van der Waals surface area (Å²) in [7, 11) is 0. The lowest BCUT2D eigenvalue weighted by Gasteiger charge is -2.37. The number of hydrogen-bond donors (Lipinski definition) is 1. The van der Waals surface area contributed by atoms with Crippen LogP contribution in [-0.4, -0.2) is 52.8 Å². The summed E-state index contributed by atoms with van der Waals surface area (Å²) in [5.74, 6) is -0.422. The largest absolute Gasteiger partial charge is 0.367 e. The molecule has 0 unspecified atom stereocenters. The highest BCUT2D eigenvalue weighted by atomic mass is 32.1. The third-order valence-electron chi connectivity index (χ3n) is 4.33. The molecule has 0 saturated carbocycles. The molecule has 7 nitrogen and oxygen atoms in total. The number of ether oxygens (including phenoxy) is 1. The van der Waals surface area contributed by atoms with Crippen molar-refractivity contribution >= 4 is 34.1 Å². The highest BCUT2D eigenvalue weighted by molar-refractivity contribution is 7.13. The average molecular weight is 337 g/mol. The van der Waals surface area contributed by atoms with Gasteiger partial charge in [0.15, 0.2) is 10.9 Å². The van der Waals surface area contributed by atoms with Gasteiger partial charge in [-0.05, 0) is 12.8 Å². The third-order valence-corrected chi connectivity index (χ3v) is 5.02. The van der Waals surface area contributed by atoms with E-state index in [0.29, 0.717) is 24.7 Å². The van der Waals surface area contributed by atoms with Gasteiger partial charge in [-0.3, -0.25) is 14.4 Å². The van der Waals surface area contributed by atoms with Crippen molar-refractivity contribution in [1.82, 2.24) is 9.88 Å². The summed E-state index contributed by atoms with van der Waals surface area (Å²) >= 11 is 1.33. The molecule has 1 aromatic rings. The number of hydrogen-bond acceptors (Lipinski definition) is 6. The van der Waals surface area contributed by atoms with E-state index < -0.39 is 5.60 Å². The van der Waals surface area contributed by atoms with E-state index in [1.165, 1.54) is 16.2 Å². The quantitative estimate of drug-likeness (QED) is 0.892. The zero-order valence-electron chi connectivity index (χ0n) is 12.7. The second-order valence-corrected chi connectivity index (χ2v) is 6.71. The Morgan fingerprint density at radius 2 is 2.26 bits per heavy atom. The Labute approximate surface area is 138 Å². The maximum Gasteiger partial charge on any atom is 0.226 e. The molecule has 1 aromatic heterocycles. The Balaban J connectivity index is 1.46. The van der Waals surface area contributed by atoms with E-state index in [9.17, 15) is 14.4 Å². The second-order valence-electron chi connectivity index (χ2n) is 5.82. The predicted molar refractivity (Wildman–Crippen MR) is 84.1 cm³/mol. The van der Waals surface area contributed by atoms with Gasteiger partial charge in [-0.2, -0.15) is 0 Å². The predicted octanol–water partition coefficient (Wildman–Crippen LogP) is 1.21. The number of nitrogens with zero attached hydrogens (tertiary/aromatic N) is 2. The van der Waals surface area contributed by atoms with Gasteiger partial charge in [-0.25, -0.2) is 4.98 Å². The zero-order valence-corrected chi connectivity index (χ0v) is 13.6. The Bertz CT molecular complexity index is 596. The normalized spacial score (nSPS) is 24.2. The molecule has 1 spiro atoms. The van der Waals surface area contributed by atoms with E-state index >= 15 is 0 Å². The monoisotopic (exact) mass is 337 g/mol. The number of piperidine rings is 1. The van der Waals surface area contributed by atoms with Gasteiger partial charge in [0.05, 0.1) is 6.54 Å². The molecule has 0 aliphatic carbocycles. The molecule has 2 amide bonds. The summed E-state index contributed by atoms with van der Waals surface area (Å²) in [6.45, 7) is 1.22. The molecule has 3 heterocycles. The van der Waals surface area contributed by atoms with Gasteiger partial charge < -0.3 is 15.0 Å². The molecule has 2 fully saturated rings. The van der Waals surface area contributed by atoms with E-state index in [2.05, 4.69) is 10.3 Å². The minimum absolute atomic E-state index is 0.0122. The number of aromatic nitrogens is 1. The molecule has 3 rings (SSSR count). The maximum absolute atomic E-state index is 12.3. The fourth-order valence-corrected chi connectivity index (χ4v) is 3.57. The van der Waals surface area contributed by atoms with E-state index in [4.69, 9.17) is 4.74 Å². The van der Waals surface area contributed by atoms with Crippen LogP contribution in [0.4, 0.5) is 5.13 Å². The summed E-state index contributed by atoms with van der Waals surface area (Å²) in [5, 5.41) is 4.93. The van der Waals surface area contributed by atoms with E-state index in [-0.39, 0.29) is 37.0 Å². The highest BCUT2D eigenvalue weighted by Gasteiger charge is 2.46. The van der Waals surface area contributed by atoms with Crippen LogP contribution in [0.2, 0.25) is 0 Å². The van der Waals surface area contributed by atoms with Crippen LogP contribution in [0.1, 0.15) is 32.1 Å². The summed E-state index contributed by atoms with van der Waals surface area (Å²) in [6.07, 6.45) is 4.00. The minimum atomic E-state index is -0.654. The maximum atomic E-state index is 12.3. The van der Waals surface area contributed by atoms with Crippen LogP contribution in [-0.2, 0) is 19.1 Å². The number of carbonyl (C=O) groups is 3. The van der Waals surface area contributed by atoms with Gasteiger partial charge in [0, 0.05) is 44.0 Å². The lowest BCUT2D eigenvalue weighted by atomic mass is 9.87. The molecule has 124 valence electrons. The van der Waals surface area contributed by atoms with Crippen LogP contribution < -0.4 is 5.32 Å². The Kier molecular flexibility index (Phi) is 4.72. The van der Waals surface area contributed by atoms with Crippen LogP contribution in [0.15, 0.2) is 11.6 Å². The SMILES string of the molecule is O=C(CCC(=O)N1CC[C@]2(CCCO2)C(=O)C1)Nc1nccs1. The number of ketones is 1. The number of amides is 2. The molecule has 0 bridgehead atoms. The standard InChI is InChI=1S/C15H19N3O4S/c19-11-10-18(7-5-15(11)4-1-8-22-15)13(21)3-2-12(20)17-14-16-6-9-23-14/h6,9H,1-5,7-8,10H2,(H,16,17,20)/t15-/m1/s1. The summed E-state index contributed by atoms with van der Waals surface area (Å²) in [6, 6.07) is 0. The first kappa shape index (κ1) is 16.1. The third kappa shape index (κ3) is 3.59. The van der Waals surface area contributed by atoms with Crippen LogP contribution in [0.5, 0.6) is 0 Å². The van der Waals surface area contributed by atoms with Crippen LogP contribution >= 0.6 is 11.3 Å². The molecule has 23 heavy (non-hydrogen) atoms. The molecule has 2 aliphatic heterocycles. The molecular formula is C15H19N3O4S. The van der Waals surface area contributed by atoms with Gasteiger partial charge in [-0.1, -0.05) is 0 Å². The van der Waals surface area contributed by atoms with Crippen molar-refractivity contribution < 1.29 is 19.1 Å². The molecule has 8 heteroatoms. The smallest absolute Gasteiger partial charge is 0.226 e. The summed E-state index contributed by atoms with van der Waals surface area (Å²) < 4.78 is 5.62. The van der Waals surface area contributed by atoms with Gasteiger partial charge >= 0.3 is 0 Å². The topological polar surface area (TPSA) is 88.6 Å². The average Bonchev–Trinajstić information content (AvgIpc) is 3.20. The van der Waals surface area contributed by atoms with E-state index in [1.807, 2.05) is 0 Å². The first-order valence-corrected chi connectivity index (χ1v) is 8.61. The number of carbonyl (C=O) groups excluding carboxylic acids is 3. The fraction of sp³-hybridized carbons (Fsp3) is 0.600. The molecule has 2 aliphatic rings. The van der Waals surface area contributed by atoms with Crippen molar-refractivity contribution in [3.05, 3.63) is 11.6 Å².